The third-order valence-electron chi connectivity index (χ3n) is 3.78. The molecule has 2 N–H and O–H groups in total. The zero-order valence-electron chi connectivity index (χ0n) is 11.7. The molecule has 4 nitrogen and oxygen atoms in total. The van der Waals surface area contributed by atoms with Crippen LogP contribution in [0, 0.1) is 0 Å². The molecule has 0 spiro atoms. The van der Waals surface area contributed by atoms with E-state index in [1.54, 1.807) is 0 Å². The van der Waals surface area contributed by atoms with Crippen molar-refractivity contribution >= 4 is 28.6 Å². The summed E-state index contributed by atoms with van der Waals surface area (Å²) in [5, 5.41) is 0.651. The molecule has 0 aliphatic heterocycles. The normalized spacial score (nSPS) is 13.3. The highest BCUT2D eigenvalue weighted by Gasteiger charge is 2.12. The number of hydrogen-bond donors (Lipinski definition) is 1. The monoisotopic (exact) mass is 280 g/mol. The van der Waals surface area contributed by atoms with Crippen LogP contribution < -0.4 is 5.73 Å². The van der Waals surface area contributed by atoms with Gasteiger partial charge in [0, 0.05) is 19.1 Å². The Balaban J connectivity index is 2.21. The van der Waals surface area contributed by atoms with E-state index in [9.17, 15) is 0 Å². The Morgan fingerprint density at radius 2 is 2.21 bits per heavy atom. The molecule has 0 bridgehead atoms. The predicted molar refractivity (Wildman–Crippen MR) is 81.5 cm³/mol. The van der Waals surface area contributed by atoms with Crippen LogP contribution >= 0.6 is 11.6 Å². The Morgan fingerprint density at radius 3 is 2.89 bits per heavy atom. The van der Waals surface area contributed by atoms with E-state index >= 15 is 0 Å². The van der Waals surface area contributed by atoms with Crippen molar-refractivity contribution < 1.29 is 0 Å². The first-order valence-electron chi connectivity index (χ1n) is 6.65. The largest absolute Gasteiger partial charge is 0.369 e. The lowest BCUT2D eigenvalue weighted by Gasteiger charge is -2.23. The van der Waals surface area contributed by atoms with Crippen LogP contribution in [0.1, 0.15) is 20.3 Å². The summed E-state index contributed by atoms with van der Waals surface area (Å²) < 4.78 is 2.03. The molecular formula is C14H21ClN4. The van der Waals surface area contributed by atoms with Crippen LogP contribution in [-0.2, 0) is 6.54 Å². The molecule has 0 amide bonds. The third kappa shape index (κ3) is 2.85. The second kappa shape index (κ2) is 5.80. The average Bonchev–Trinajstić information content (AvgIpc) is 2.72. The van der Waals surface area contributed by atoms with Gasteiger partial charge in [-0.05, 0) is 32.5 Å². The maximum atomic E-state index is 6.14. The number of imidazole rings is 1. The smallest absolute Gasteiger partial charge is 0.201 e. The van der Waals surface area contributed by atoms with Crippen molar-refractivity contribution in [1.29, 1.82) is 0 Å². The highest BCUT2D eigenvalue weighted by molar-refractivity contribution is 6.35. The van der Waals surface area contributed by atoms with Gasteiger partial charge in [-0.25, -0.2) is 4.98 Å². The van der Waals surface area contributed by atoms with Crippen LogP contribution in [-0.4, -0.2) is 34.1 Å². The Bertz CT molecular complexity index is 564. The molecule has 1 aromatic heterocycles. The van der Waals surface area contributed by atoms with E-state index < -0.39 is 0 Å². The molecule has 0 aliphatic rings. The van der Waals surface area contributed by atoms with Gasteiger partial charge in [0.1, 0.15) is 5.52 Å². The first-order chi connectivity index (χ1) is 9.04. The summed E-state index contributed by atoms with van der Waals surface area (Å²) in [6.07, 6.45) is 1.14. The number of fused-ring (bicyclic) bond motifs is 1. The molecule has 1 aromatic carbocycles. The molecule has 0 saturated carbocycles. The highest BCUT2D eigenvalue weighted by Crippen LogP contribution is 2.24. The molecule has 1 atom stereocenters. The van der Waals surface area contributed by atoms with Crippen molar-refractivity contribution in [2.75, 3.05) is 19.3 Å². The Kier molecular flexibility index (Phi) is 4.32. The van der Waals surface area contributed by atoms with Gasteiger partial charge in [0.2, 0.25) is 5.95 Å². The number of nitrogen functional groups attached to an aromatic ring is 1. The van der Waals surface area contributed by atoms with Crippen molar-refractivity contribution in [2.45, 2.75) is 32.9 Å². The number of nitrogens with zero attached hydrogens (tertiary/aromatic N) is 3. The lowest BCUT2D eigenvalue weighted by atomic mass is 10.2. The molecule has 0 radical (unpaired) electrons. The number of benzene rings is 1. The summed E-state index contributed by atoms with van der Waals surface area (Å²) in [6.45, 7) is 6.19. The molecule has 0 fully saturated rings. The predicted octanol–water partition coefficient (Wildman–Crippen LogP) is 3.00. The summed E-state index contributed by atoms with van der Waals surface area (Å²) in [7, 11) is 2.14. The minimum atomic E-state index is 0.528. The molecule has 0 saturated heterocycles. The van der Waals surface area contributed by atoms with Crippen LogP contribution in [0.5, 0.6) is 0 Å². The average molecular weight is 281 g/mol. The lowest BCUT2D eigenvalue weighted by molar-refractivity contribution is 0.244. The van der Waals surface area contributed by atoms with E-state index in [1.807, 2.05) is 22.8 Å². The minimum absolute atomic E-state index is 0.528. The number of anilines is 1. The van der Waals surface area contributed by atoms with Gasteiger partial charge >= 0.3 is 0 Å². The number of aromatic nitrogens is 2. The van der Waals surface area contributed by atoms with Crippen LogP contribution in [0.4, 0.5) is 5.95 Å². The van der Waals surface area contributed by atoms with Crippen molar-refractivity contribution in [3.05, 3.63) is 23.2 Å². The zero-order chi connectivity index (χ0) is 14.0. The Morgan fingerprint density at radius 1 is 1.47 bits per heavy atom. The van der Waals surface area contributed by atoms with Crippen molar-refractivity contribution in [3.8, 4) is 0 Å². The molecule has 0 aliphatic carbocycles. The standard InChI is InChI=1S/C14H21ClN4/c1-4-10(2)18(3)8-9-19-12-7-5-6-11(15)13(12)17-14(19)16/h5-7,10H,4,8-9H2,1-3H3,(H2,16,17). The van der Waals surface area contributed by atoms with Gasteiger partial charge in [-0.3, -0.25) is 0 Å². The molecule has 2 aromatic rings. The molecule has 1 heterocycles. The number of hydrogen-bond acceptors (Lipinski definition) is 3. The number of para-hydroxylation sites is 1. The van der Waals surface area contributed by atoms with Gasteiger partial charge in [-0.2, -0.15) is 0 Å². The number of nitrogens with two attached hydrogens (primary N) is 1. The minimum Gasteiger partial charge on any atom is -0.369 e. The topological polar surface area (TPSA) is 47.1 Å². The highest BCUT2D eigenvalue weighted by atomic mass is 35.5. The Labute approximate surface area is 119 Å². The van der Waals surface area contributed by atoms with Gasteiger partial charge in [-0.15, -0.1) is 0 Å². The summed E-state index contributed by atoms with van der Waals surface area (Å²) in [6, 6.07) is 6.35. The van der Waals surface area contributed by atoms with Gasteiger partial charge in [0.25, 0.3) is 0 Å². The fourth-order valence-corrected chi connectivity index (χ4v) is 2.37. The fraction of sp³-hybridized carbons (Fsp3) is 0.500. The maximum Gasteiger partial charge on any atom is 0.201 e. The summed E-state index contributed by atoms with van der Waals surface area (Å²) >= 11 is 6.14. The second-order valence-electron chi connectivity index (χ2n) is 4.97. The Hall–Kier alpha value is -1.26. The third-order valence-corrected chi connectivity index (χ3v) is 4.08. The van der Waals surface area contributed by atoms with Gasteiger partial charge < -0.3 is 15.2 Å². The van der Waals surface area contributed by atoms with E-state index in [4.69, 9.17) is 17.3 Å². The number of rotatable bonds is 5. The molecule has 1 unspecified atom stereocenters. The number of halogens is 1. The number of likely N-dealkylation sites (N-methyl/N-ethyl adjacent to an activating group) is 1. The van der Waals surface area contributed by atoms with Crippen molar-refractivity contribution in [3.63, 3.8) is 0 Å². The van der Waals surface area contributed by atoms with Crippen molar-refractivity contribution in [1.82, 2.24) is 14.5 Å². The zero-order valence-corrected chi connectivity index (χ0v) is 12.5. The van der Waals surface area contributed by atoms with Gasteiger partial charge in [0.15, 0.2) is 0 Å². The van der Waals surface area contributed by atoms with Crippen LogP contribution in [0.2, 0.25) is 5.02 Å². The maximum absolute atomic E-state index is 6.14. The SMILES string of the molecule is CCC(C)N(C)CCn1c(N)nc2c(Cl)cccc21. The van der Waals surface area contributed by atoms with E-state index in [2.05, 4.69) is 30.8 Å². The second-order valence-corrected chi connectivity index (χ2v) is 5.37. The quantitative estimate of drug-likeness (QED) is 0.916. The van der Waals surface area contributed by atoms with E-state index in [0.29, 0.717) is 17.0 Å². The molecule has 5 heteroatoms. The van der Waals surface area contributed by atoms with Crippen molar-refractivity contribution in [2.24, 2.45) is 0 Å². The van der Waals surface area contributed by atoms with Crippen LogP contribution in [0.25, 0.3) is 11.0 Å². The first-order valence-corrected chi connectivity index (χ1v) is 7.02. The molecule has 104 valence electrons. The molecular weight excluding hydrogens is 260 g/mol. The molecule has 2 rings (SSSR count). The van der Waals surface area contributed by atoms with Crippen LogP contribution in [0.3, 0.4) is 0 Å². The van der Waals surface area contributed by atoms with Gasteiger partial charge in [0.05, 0.1) is 10.5 Å². The summed E-state index contributed by atoms with van der Waals surface area (Å²) in [5.74, 6) is 0.528. The molecule has 19 heavy (non-hydrogen) atoms. The van der Waals surface area contributed by atoms with E-state index in [1.165, 1.54) is 0 Å². The first kappa shape index (κ1) is 14.2. The van der Waals surface area contributed by atoms with E-state index in [-0.39, 0.29) is 0 Å². The van der Waals surface area contributed by atoms with Crippen LogP contribution in [0.15, 0.2) is 18.2 Å². The fourth-order valence-electron chi connectivity index (χ4n) is 2.16. The van der Waals surface area contributed by atoms with Gasteiger partial charge in [-0.1, -0.05) is 24.6 Å². The van der Waals surface area contributed by atoms with E-state index in [0.717, 1.165) is 30.5 Å². The lowest BCUT2D eigenvalue weighted by Crippen LogP contribution is -2.31. The summed E-state index contributed by atoms with van der Waals surface area (Å²) in [5.41, 5.74) is 7.78. The summed E-state index contributed by atoms with van der Waals surface area (Å²) in [4.78, 5) is 6.68.